The van der Waals surface area contributed by atoms with Crippen LogP contribution in [-0.2, 0) is 22.7 Å². The normalized spacial score (nSPS) is 22.0. The van der Waals surface area contributed by atoms with Crippen molar-refractivity contribution in [3.05, 3.63) is 83.7 Å². The number of aromatic nitrogens is 6. The third kappa shape index (κ3) is 12.6. The molecule has 1 aliphatic carbocycles. The first-order chi connectivity index (χ1) is 41.2. The van der Waals surface area contributed by atoms with Crippen molar-refractivity contribution >= 4 is 28.5 Å². The number of hydrogen-bond donors (Lipinski definition) is 2. The molecule has 0 radical (unpaired) electrons. The zero-order chi connectivity index (χ0) is 60.1. The van der Waals surface area contributed by atoms with Crippen molar-refractivity contribution in [1.82, 2.24) is 64.3 Å². The van der Waals surface area contributed by atoms with Gasteiger partial charge in [0.05, 0.1) is 47.5 Å². The first-order valence-corrected chi connectivity index (χ1v) is 31.7. The third-order valence-corrected chi connectivity index (χ3v) is 19.4. The molecule has 2 aromatic carbocycles. The number of piperidine rings is 4. The number of carbonyl (C=O) groups excluding carboxylic acids is 2. The van der Waals surface area contributed by atoms with E-state index in [1.165, 1.54) is 23.0 Å². The SMILES string of the molecule is CC1(C)CC(n2cc(CN3CCN(C(=O)COc4cccc(OCC(=O)N5CCN(Cc6cn(C7CC(C)(C)N(O)C(C)(C)C7)nn6)CC5)c4-c4c5ccc(=[N+]6CCCCC6)cc-5oc5cc(N6CCCCC6)ccc45)CC3)nn2)CC(C)(C)N1O. The number of rotatable bonds is 14. The summed E-state index contributed by atoms with van der Waals surface area (Å²) in [4.78, 5) is 39.5. The number of amides is 2. The average Bonchev–Trinajstić information content (AvgIpc) is 1.07. The highest BCUT2D eigenvalue weighted by Gasteiger charge is 2.47. The minimum atomic E-state index is -0.401. The van der Waals surface area contributed by atoms with Crippen LogP contribution in [0.2, 0.25) is 0 Å². The van der Waals surface area contributed by atoms with Crippen LogP contribution < -0.4 is 24.3 Å². The Labute approximate surface area is 505 Å². The van der Waals surface area contributed by atoms with E-state index < -0.39 is 22.2 Å². The molecule has 2 amide bonds. The second kappa shape index (κ2) is 24.2. The number of hydrogen-bond acceptors (Lipinski definition) is 16. The molecule has 8 aliphatic rings. The number of anilines is 1. The van der Waals surface area contributed by atoms with Crippen molar-refractivity contribution in [3.8, 4) is 33.9 Å². The van der Waals surface area contributed by atoms with Gasteiger partial charge in [-0.25, -0.2) is 13.9 Å². The molecule has 6 fully saturated rings. The van der Waals surface area contributed by atoms with Gasteiger partial charge >= 0.3 is 0 Å². The van der Waals surface area contributed by atoms with E-state index in [-0.39, 0.29) is 37.1 Å². The Morgan fingerprint density at radius 3 is 1.57 bits per heavy atom. The molecule has 0 unspecified atom stereocenters. The number of ether oxygens (including phenoxy) is 2. The third-order valence-electron chi connectivity index (χ3n) is 19.4. The van der Waals surface area contributed by atoms with Crippen LogP contribution in [0.1, 0.15) is 143 Å². The predicted molar refractivity (Wildman–Crippen MR) is 328 cm³/mol. The summed E-state index contributed by atoms with van der Waals surface area (Å²) in [7, 11) is 0. The fraction of sp³-hybridized carbons (Fsp3) is 0.615. The molecule has 2 aromatic heterocycles. The molecule has 6 saturated heterocycles. The van der Waals surface area contributed by atoms with E-state index in [1.807, 2.05) is 49.8 Å². The lowest BCUT2D eigenvalue weighted by molar-refractivity contribution is -0.249. The fourth-order valence-electron chi connectivity index (χ4n) is 15.0. The summed E-state index contributed by atoms with van der Waals surface area (Å²) in [5, 5.41) is 45.0. The van der Waals surface area contributed by atoms with Crippen LogP contribution in [0.5, 0.6) is 11.5 Å². The van der Waals surface area contributed by atoms with Crippen LogP contribution in [0.4, 0.5) is 5.69 Å². The van der Waals surface area contributed by atoms with E-state index in [0.29, 0.717) is 82.5 Å². The van der Waals surface area contributed by atoms with E-state index >= 15 is 0 Å². The molecule has 21 nitrogen and oxygen atoms in total. The van der Waals surface area contributed by atoms with E-state index in [1.54, 1.807) is 0 Å². The van der Waals surface area contributed by atoms with Gasteiger partial charge in [-0.3, -0.25) is 19.4 Å². The van der Waals surface area contributed by atoms with Crippen molar-refractivity contribution in [2.24, 2.45) is 0 Å². The summed E-state index contributed by atoms with van der Waals surface area (Å²) in [5.41, 5.74) is 4.41. The number of nitrogens with zero attached hydrogens (tertiary/aromatic N) is 14. The summed E-state index contributed by atoms with van der Waals surface area (Å²) in [5.74, 6) is 1.47. The lowest BCUT2D eigenvalue weighted by atomic mass is 9.79. The molecule has 9 heterocycles. The van der Waals surface area contributed by atoms with Gasteiger partial charge in [0.1, 0.15) is 35.9 Å². The average molecular weight is 1180 g/mol. The number of carbonyl (C=O) groups is 2. The maximum Gasteiger partial charge on any atom is 0.260 e. The van der Waals surface area contributed by atoms with Crippen LogP contribution >= 0.6 is 0 Å². The summed E-state index contributed by atoms with van der Waals surface area (Å²) in [6.07, 6.45) is 14.1. The number of hydroxylamine groups is 4. The monoisotopic (exact) mass is 1180 g/mol. The Balaban J connectivity index is 0.772. The smallest absolute Gasteiger partial charge is 0.260 e. The molecule has 4 aromatic rings. The van der Waals surface area contributed by atoms with E-state index in [0.717, 1.165) is 128 Å². The van der Waals surface area contributed by atoms with Gasteiger partial charge in [-0.1, -0.05) is 16.5 Å². The molecule has 7 aliphatic heterocycles. The topological polar surface area (TPSA) is 193 Å². The molecule has 462 valence electrons. The van der Waals surface area contributed by atoms with Gasteiger partial charge in [0.2, 0.25) is 5.36 Å². The molecule has 0 saturated carbocycles. The Bertz CT molecular complexity index is 3260. The van der Waals surface area contributed by atoms with E-state index in [2.05, 4.69) is 132 Å². The van der Waals surface area contributed by atoms with E-state index in [9.17, 15) is 20.0 Å². The number of fused-ring (bicyclic) bond motifs is 2. The minimum Gasteiger partial charge on any atom is -0.483 e. The summed E-state index contributed by atoms with van der Waals surface area (Å²) in [6, 6.07) is 18.9. The highest BCUT2D eigenvalue weighted by atomic mass is 16.5. The summed E-state index contributed by atoms with van der Waals surface area (Å²) in [6.45, 7) is 26.2. The maximum atomic E-state index is 14.3. The minimum absolute atomic E-state index is 0.112. The largest absolute Gasteiger partial charge is 0.483 e. The van der Waals surface area contributed by atoms with Crippen LogP contribution in [-0.4, -0.2) is 196 Å². The van der Waals surface area contributed by atoms with Crippen molar-refractivity contribution in [2.75, 3.05) is 96.7 Å². The number of piperazine rings is 2. The van der Waals surface area contributed by atoms with Gasteiger partial charge in [0, 0.05) is 148 Å². The van der Waals surface area contributed by atoms with Gasteiger partial charge in [-0.2, -0.15) is 10.1 Å². The predicted octanol–water partition coefficient (Wildman–Crippen LogP) is 7.95. The van der Waals surface area contributed by atoms with Gasteiger partial charge in [0.15, 0.2) is 13.2 Å². The lowest BCUT2D eigenvalue weighted by Crippen LogP contribution is -2.59. The van der Waals surface area contributed by atoms with Gasteiger partial charge in [0.25, 0.3) is 11.8 Å². The Kier molecular flexibility index (Phi) is 16.9. The zero-order valence-corrected chi connectivity index (χ0v) is 52.1. The standard InChI is InChI=1S/C65H91N14O7/c1-62(2)36-50(37-63(3,4)78(62)82)76-42-46(66-68-76)40-70-26-30-74(31-27-70)58(80)44-84-54-16-15-17-55(85-45-59(81)75-32-28-71(29-33-75)41-47-43-77(69-67-47)51-38-64(5,6)79(83)65(7,8)39-51)61(54)60-52-20-18-48(72-22-11-9-12-23-72)34-56(52)86-57-35-49(19-21-53(57)60)73-24-13-10-14-25-73/h15-21,34-35,42-43,50-51,82-83H,9-14,22-33,36-41,44-45H2,1-8H3/q+1. The molecular formula is C65H91N14O7+. The Hall–Kier alpha value is -6.49. The lowest BCUT2D eigenvalue weighted by Gasteiger charge is -2.51. The Morgan fingerprint density at radius 2 is 1.07 bits per heavy atom. The van der Waals surface area contributed by atoms with Crippen molar-refractivity contribution < 1.29 is 33.9 Å². The first kappa shape index (κ1) is 59.8. The van der Waals surface area contributed by atoms with Gasteiger partial charge < -0.3 is 39.0 Å². The summed E-state index contributed by atoms with van der Waals surface area (Å²) >= 11 is 0. The Morgan fingerprint density at radius 1 is 0.581 bits per heavy atom. The zero-order valence-electron chi connectivity index (χ0n) is 52.1. The molecule has 2 N–H and O–H groups in total. The number of benzene rings is 3. The molecule has 21 heteroatoms. The van der Waals surface area contributed by atoms with Crippen LogP contribution in [0.25, 0.3) is 33.4 Å². The molecule has 0 bridgehead atoms. The van der Waals surface area contributed by atoms with Gasteiger partial charge in [-0.15, -0.1) is 10.2 Å². The second-order valence-corrected chi connectivity index (χ2v) is 27.8. The quantitative estimate of drug-likeness (QED) is 0.0788. The first-order valence-electron chi connectivity index (χ1n) is 31.7. The van der Waals surface area contributed by atoms with E-state index in [4.69, 9.17) is 13.9 Å². The van der Waals surface area contributed by atoms with Gasteiger partial charge in [-0.05, 0) is 137 Å². The highest BCUT2D eigenvalue weighted by molar-refractivity contribution is 6.05. The van der Waals surface area contributed by atoms with Crippen LogP contribution in [0.15, 0.2) is 71.4 Å². The molecule has 12 rings (SSSR count). The van der Waals surface area contributed by atoms with Crippen molar-refractivity contribution in [3.63, 3.8) is 0 Å². The highest BCUT2D eigenvalue weighted by Crippen LogP contribution is 2.49. The molecule has 0 spiro atoms. The van der Waals surface area contributed by atoms with Crippen LogP contribution in [0.3, 0.4) is 0 Å². The van der Waals surface area contributed by atoms with Crippen LogP contribution in [0, 0.1) is 0 Å². The van der Waals surface area contributed by atoms with Crippen molar-refractivity contribution in [2.45, 2.75) is 167 Å². The molecular weight excluding hydrogens is 1090 g/mol. The molecule has 86 heavy (non-hydrogen) atoms. The van der Waals surface area contributed by atoms with Crippen molar-refractivity contribution in [1.29, 1.82) is 0 Å². The maximum absolute atomic E-state index is 14.3. The second-order valence-electron chi connectivity index (χ2n) is 27.8. The summed E-state index contributed by atoms with van der Waals surface area (Å²) < 4.78 is 26.9. The molecule has 0 atom stereocenters. The fourth-order valence-corrected chi connectivity index (χ4v) is 15.0.